The van der Waals surface area contributed by atoms with E-state index in [9.17, 15) is 0 Å². The number of benzene rings is 4. The number of hydrogen-bond acceptors (Lipinski definition) is 0. The Bertz CT molecular complexity index is 1430. The second kappa shape index (κ2) is 7.35. The normalized spacial score (nSPS) is 17.0. The van der Waals surface area contributed by atoms with Gasteiger partial charge in [-0.1, -0.05) is 103 Å². The number of halogens is 1. The summed E-state index contributed by atoms with van der Waals surface area (Å²) < 4.78 is 1.09. The summed E-state index contributed by atoms with van der Waals surface area (Å²) >= 11 is 3.65. The maximum Gasteiger partial charge on any atom is 0.0159 e. The fraction of sp³-hybridized carbons (Fsp3) is 0.133. The number of rotatable bonds is 2. The fourth-order valence-corrected chi connectivity index (χ4v) is 5.07. The van der Waals surface area contributed by atoms with Crippen LogP contribution in [0.5, 0.6) is 0 Å². The summed E-state index contributed by atoms with van der Waals surface area (Å²) in [5.74, 6) is 0. The Balaban J connectivity index is 1.67. The van der Waals surface area contributed by atoms with Crippen molar-refractivity contribution >= 4 is 43.0 Å². The van der Waals surface area contributed by atoms with Crippen molar-refractivity contribution in [3.8, 4) is 11.1 Å². The van der Waals surface area contributed by atoms with E-state index in [2.05, 4.69) is 121 Å². The minimum Gasteiger partial charge on any atom is -0.0908 e. The van der Waals surface area contributed by atoms with Crippen molar-refractivity contribution < 1.29 is 0 Å². The first-order valence-corrected chi connectivity index (χ1v) is 11.5. The number of hydrogen-bond donors (Lipinski definition) is 0. The van der Waals surface area contributed by atoms with Crippen LogP contribution in [-0.2, 0) is 5.41 Å². The van der Waals surface area contributed by atoms with Gasteiger partial charge in [0.15, 0.2) is 0 Å². The molecule has 4 aromatic rings. The minimum absolute atomic E-state index is 0.0893. The Morgan fingerprint density at radius 3 is 2.26 bits per heavy atom. The molecule has 0 saturated heterocycles. The summed E-state index contributed by atoms with van der Waals surface area (Å²) in [4.78, 5) is 0. The molecule has 1 aliphatic rings. The van der Waals surface area contributed by atoms with E-state index in [1.54, 1.807) is 0 Å². The first-order valence-electron chi connectivity index (χ1n) is 10.7. The van der Waals surface area contributed by atoms with Crippen molar-refractivity contribution in [1.29, 1.82) is 0 Å². The molecule has 0 radical (unpaired) electrons. The average Bonchev–Trinajstić information content (AvgIpc) is 2.98. The lowest BCUT2D eigenvalue weighted by Gasteiger charge is -2.22. The molecular weight excluding hydrogens is 440 g/mol. The maximum atomic E-state index is 4.42. The zero-order valence-corrected chi connectivity index (χ0v) is 19.8. The Morgan fingerprint density at radius 2 is 1.48 bits per heavy atom. The van der Waals surface area contributed by atoms with Crippen molar-refractivity contribution in [2.45, 2.75) is 26.2 Å². The molecule has 0 atom stereocenters. The van der Waals surface area contributed by atoms with Crippen LogP contribution in [0, 0.1) is 0 Å². The summed E-state index contributed by atoms with van der Waals surface area (Å²) in [5, 5.41) is 5.16. The van der Waals surface area contributed by atoms with Crippen LogP contribution < -0.4 is 0 Å². The molecule has 0 amide bonds. The monoisotopic (exact) mass is 464 g/mol. The summed E-state index contributed by atoms with van der Waals surface area (Å²) in [5.41, 5.74) is 7.40. The minimum atomic E-state index is -0.0893. The topological polar surface area (TPSA) is 0 Å². The second-order valence-corrected chi connectivity index (χ2v) is 9.73. The second-order valence-electron chi connectivity index (χ2n) is 8.82. The first kappa shape index (κ1) is 20.0. The summed E-state index contributed by atoms with van der Waals surface area (Å²) in [7, 11) is 0. The highest BCUT2D eigenvalue weighted by Gasteiger charge is 2.37. The van der Waals surface area contributed by atoms with Gasteiger partial charge in [0.05, 0.1) is 0 Å². The molecule has 31 heavy (non-hydrogen) atoms. The lowest BCUT2D eigenvalue weighted by molar-refractivity contribution is 0.661. The lowest BCUT2D eigenvalue weighted by atomic mass is 9.81. The highest BCUT2D eigenvalue weighted by atomic mass is 79.9. The third-order valence-electron chi connectivity index (χ3n) is 6.65. The molecule has 0 heterocycles. The van der Waals surface area contributed by atoms with Gasteiger partial charge < -0.3 is 0 Å². The van der Waals surface area contributed by atoms with Crippen molar-refractivity contribution in [3.05, 3.63) is 113 Å². The SMILES string of the molecule is C=C1C(=CC(Br)=CC)C(C)(C)c2cc(-c3ccc4ccc5ccccc5c4c3)ccc21. The summed E-state index contributed by atoms with van der Waals surface area (Å²) in [6, 6.07) is 26.7. The smallest absolute Gasteiger partial charge is 0.0159 e. The Hall–Kier alpha value is -2.90. The van der Waals surface area contributed by atoms with E-state index in [1.165, 1.54) is 49.4 Å². The molecule has 0 unspecified atom stereocenters. The summed E-state index contributed by atoms with van der Waals surface area (Å²) in [6.45, 7) is 11.1. The van der Waals surface area contributed by atoms with Gasteiger partial charge in [-0.3, -0.25) is 0 Å². The molecule has 0 saturated carbocycles. The zero-order chi connectivity index (χ0) is 21.8. The highest BCUT2D eigenvalue weighted by Crippen LogP contribution is 2.50. The van der Waals surface area contributed by atoms with Crippen molar-refractivity contribution in [2.75, 3.05) is 0 Å². The van der Waals surface area contributed by atoms with E-state index in [4.69, 9.17) is 0 Å². The van der Waals surface area contributed by atoms with Crippen molar-refractivity contribution in [3.63, 3.8) is 0 Å². The molecule has 152 valence electrons. The predicted molar refractivity (Wildman–Crippen MR) is 140 cm³/mol. The van der Waals surface area contributed by atoms with Gasteiger partial charge >= 0.3 is 0 Å². The van der Waals surface area contributed by atoms with Crippen LogP contribution in [0.4, 0.5) is 0 Å². The maximum absolute atomic E-state index is 4.42. The van der Waals surface area contributed by atoms with Crippen LogP contribution in [0.2, 0.25) is 0 Å². The van der Waals surface area contributed by atoms with Gasteiger partial charge in [0.2, 0.25) is 0 Å². The molecule has 0 N–H and O–H groups in total. The molecule has 0 aromatic heterocycles. The molecule has 0 fully saturated rings. The largest absolute Gasteiger partial charge is 0.0908 e. The molecule has 0 nitrogen and oxygen atoms in total. The molecule has 0 spiro atoms. The molecule has 4 aromatic carbocycles. The van der Waals surface area contributed by atoms with Gasteiger partial charge in [0, 0.05) is 9.90 Å². The molecular formula is C30H25Br. The quantitative estimate of drug-likeness (QED) is 0.259. The standard InChI is InChI=1S/C30H25Br/c1-5-24(31)18-28-19(2)25-15-14-23(17-29(25)30(28,3)4)22-13-12-21-11-10-20-8-6-7-9-26(20)27(21)16-22/h5-18H,2H2,1,3-4H3. The van der Waals surface area contributed by atoms with Gasteiger partial charge in [-0.25, -0.2) is 0 Å². The molecule has 1 aliphatic carbocycles. The van der Waals surface area contributed by atoms with Crippen LogP contribution in [0.3, 0.4) is 0 Å². The van der Waals surface area contributed by atoms with Crippen LogP contribution >= 0.6 is 15.9 Å². The zero-order valence-electron chi connectivity index (χ0n) is 18.2. The highest BCUT2D eigenvalue weighted by molar-refractivity contribution is 9.11. The lowest BCUT2D eigenvalue weighted by Crippen LogP contribution is -2.15. The predicted octanol–water partition coefficient (Wildman–Crippen LogP) is 9.19. The van der Waals surface area contributed by atoms with Gasteiger partial charge in [-0.05, 0) is 80.1 Å². The molecule has 1 heteroatoms. The van der Waals surface area contributed by atoms with Crippen LogP contribution in [0.15, 0.2) is 102 Å². The molecule has 5 rings (SSSR count). The van der Waals surface area contributed by atoms with Crippen LogP contribution in [-0.4, -0.2) is 0 Å². The van der Waals surface area contributed by atoms with Gasteiger partial charge in [0.25, 0.3) is 0 Å². The number of allylic oxidation sites excluding steroid dienone is 5. The Labute approximate surface area is 192 Å². The van der Waals surface area contributed by atoms with Gasteiger partial charge in [0.1, 0.15) is 0 Å². The third kappa shape index (κ3) is 3.20. The van der Waals surface area contributed by atoms with E-state index >= 15 is 0 Å². The first-order chi connectivity index (χ1) is 14.9. The van der Waals surface area contributed by atoms with Crippen LogP contribution in [0.25, 0.3) is 38.2 Å². The van der Waals surface area contributed by atoms with E-state index in [-0.39, 0.29) is 5.41 Å². The average molecular weight is 465 g/mol. The Kier molecular flexibility index (Phi) is 4.75. The van der Waals surface area contributed by atoms with Gasteiger partial charge in [-0.15, -0.1) is 0 Å². The van der Waals surface area contributed by atoms with E-state index in [1.807, 2.05) is 6.92 Å². The Morgan fingerprint density at radius 1 is 0.839 bits per heavy atom. The van der Waals surface area contributed by atoms with E-state index < -0.39 is 0 Å². The van der Waals surface area contributed by atoms with E-state index in [0.717, 1.165) is 10.1 Å². The number of fused-ring (bicyclic) bond motifs is 4. The van der Waals surface area contributed by atoms with Crippen LogP contribution in [0.1, 0.15) is 31.9 Å². The summed E-state index contributed by atoms with van der Waals surface area (Å²) in [6.07, 6.45) is 4.29. The fourth-order valence-electron chi connectivity index (χ4n) is 4.84. The van der Waals surface area contributed by atoms with E-state index in [0.29, 0.717) is 0 Å². The van der Waals surface area contributed by atoms with Gasteiger partial charge in [-0.2, -0.15) is 0 Å². The third-order valence-corrected chi connectivity index (χ3v) is 7.34. The molecule has 0 aliphatic heterocycles. The molecule has 0 bridgehead atoms. The van der Waals surface area contributed by atoms with Crippen molar-refractivity contribution in [1.82, 2.24) is 0 Å². The van der Waals surface area contributed by atoms with Crippen molar-refractivity contribution in [2.24, 2.45) is 0 Å².